The topological polar surface area (TPSA) is 81.6 Å². The summed E-state index contributed by atoms with van der Waals surface area (Å²) in [6.07, 6.45) is 3.11. The summed E-state index contributed by atoms with van der Waals surface area (Å²) in [5.74, 6) is 0.457. The van der Waals surface area contributed by atoms with E-state index in [-0.39, 0.29) is 24.4 Å². The van der Waals surface area contributed by atoms with Gasteiger partial charge >= 0.3 is 0 Å². The van der Waals surface area contributed by atoms with Gasteiger partial charge in [-0.25, -0.2) is 0 Å². The highest BCUT2D eigenvalue weighted by molar-refractivity contribution is 5.92. The summed E-state index contributed by atoms with van der Waals surface area (Å²) >= 11 is 0. The number of rotatable bonds is 4. The van der Waals surface area contributed by atoms with E-state index in [4.69, 9.17) is 15.0 Å². The standard InChI is InChI=1S/C12H19N3O3.ClH/c1-17-8-10-6-11(14-18-10)12(16)15-5-3-2-4-9(15)7-13;/h6,9H,2-5,7-8,13H2,1H3;1H. The lowest BCUT2D eigenvalue weighted by atomic mass is 10.0. The molecule has 0 saturated carbocycles. The van der Waals surface area contributed by atoms with E-state index in [0.717, 1.165) is 25.8 Å². The van der Waals surface area contributed by atoms with Gasteiger partial charge in [0.25, 0.3) is 5.91 Å². The Morgan fingerprint density at radius 1 is 1.63 bits per heavy atom. The van der Waals surface area contributed by atoms with Gasteiger partial charge in [0, 0.05) is 32.3 Å². The van der Waals surface area contributed by atoms with Crippen LogP contribution in [0.3, 0.4) is 0 Å². The minimum atomic E-state index is -0.101. The van der Waals surface area contributed by atoms with E-state index in [2.05, 4.69) is 5.16 Å². The molecule has 0 aromatic carbocycles. The largest absolute Gasteiger partial charge is 0.377 e. The number of likely N-dealkylation sites (tertiary alicyclic amines) is 1. The predicted molar refractivity (Wildman–Crippen MR) is 72.2 cm³/mol. The van der Waals surface area contributed by atoms with Gasteiger partial charge < -0.3 is 19.9 Å². The van der Waals surface area contributed by atoms with Gasteiger partial charge in [0.2, 0.25) is 0 Å². The Balaban J connectivity index is 0.00000180. The monoisotopic (exact) mass is 289 g/mol. The normalized spacial score (nSPS) is 19.1. The highest BCUT2D eigenvalue weighted by Gasteiger charge is 2.28. The fraction of sp³-hybridized carbons (Fsp3) is 0.667. The van der Waals surface area contributed by atoms with E-state index < -0.39 is 0 Å². The minimum Gasteiger partial charge on any atom is -0.377 e. The molecule has 1 atom stereocenters. The molecule has 0 bridgehead atoms. The zero-order valence-electron chi connectivity index (χ0n) is 11.0. The van der Waals surface area contributed by atoms with Gasteiger partial charge in [-0.05, 0) is 19.3 Å². The maximum absolute atomic E-state index is 12.3. The minimum absolute atomic E-state index is 0. The number of halogens is 1. The molecule has 1 unspecified atom stereocenters. The maximum atomic E-state index is 12.3. The molecule has 1 amide bonds. The summed E-state index contributed by atoms with van der Waals surface area (Å²) < 4.78 is 9.96. The molecule has 7 heteroatoms. The van der Waals surface area contributed by atoms with Crippen molar-refractivity contribution in [2.24, 2.45) is 5.73 Å². The Labute approximate surface area is 118 Å². The molecule has 1 aliphatic rings. The van der Waals surface area contributed by atoms with E-state index in [0.29, 0.717) is 24.6 Å². The van der Waals surface area contributed by atoms with Gasteiger partial charge in [0.05, 0.1) is 0 Å². The number of amides is 1. The number of nitrogens with zero attached hydrogens (tertiary/aromatic N) is 2. The van der Waals surface area contributed by atoms with Crippen LogP contribution in [-0.4, -0.2) is 42.2 Å². The van der Waals surface area contributed by atoms with Crippen molar-refractivity contribution >= 4 is 18.3 Å². The zero-order valence-corrected chi connectivity index (χ0v) is 11.8. The molecule has 108 valence electrons. The number of hydrogen-bond donors (Lipinski definition) is 1. The average molecular weight is 290 g/mol. The third kappa shape index (κ3) is 3.68. The SMILES string of the molecule is COCc1cc(C(=O)N2CCCCC2CN)no1.Cl. The van der Waals surface area contributed by atoms with Crippen molar-refractivity contribution in [1.29, 1.82) is 0 Å². The van der Waals surface area contributed by atoms with Gasteiger partial charge in [-0.15, -0.1) is 12.4 Å². The lowest BCUT2D eigenvalue weighted by molar-refractivity contribution is 0.0612. The van der Waals surface area contributed by atoms with E-state index in [1.165, 1.54) is 0 Å². The van der Waals surface area contributed by atoms with Gasteiger partial charge in [0.15, 0.2) is 11.5 Å². The van der Waals surface area contributed by atoms with E-state index >= 15 is 0 Å². The van der Waals surface area contributed by atoms with Gasteiger partial charge in [-0.2, -0.15) is 0 Å². The lowest BCUT2D eigenvalue weighted by Gasteiger charge is -2.34. The van der Waals surface area contributed by atoms with Gasteiger partial charge in [-0.3, -0.25) is 4.79 Å². The second kappa shape index (κ2) is 7.47. The molecule has 0 aliphatic carbocycles. The van der Waals surface area contributed by atoms with Crippen molar-refractivity contribution in [3.05, 3.63) is 17.5 Å². The lowest BCUT2D eigenvalue weighted by Crippen LogP contribution is -2.47. The third-order valence-electron chi connectivity index (χ3n) is 3.22. The van der Waals surface area contributed by atoms with E-state index in [1.54, 1.807) is 18.1 Å². The van der Waals surface area contributed by atoms with Crippen molar-refractivity contribution in [2.45, 2.75) is 31.9 Å². The highest BCUT2D eigenvalue weighted by Crippen LogP contribution is 2.19. The average Bonchev–Trinajstić information content (AvgIpc) is 2.87. The smallest absolute Gasteiger partial charge is 0.276 e. The van der Waals surface area contributed by atoms with Crippen LogP contribution in [0.4, 0.5) is 0 Å². The van der Waals surface area contributed by atoms with Crippen LogP contribution in [0.25, 0.3) is 0 Å². The first-order valence-corrected chi connectivity index (χ1v) is 6.22. The molecule has 2 heterocycles. The van der Waals surface area contributed by atoms with Crippen LogP contribution in [0.15, 0.2) is 10.6 Å². The fourth-order valence-corrected chi connectivity index (χ4v) is 2.28. The first-order valence-electron chi connectivity index (χ1n) is 6.22. The summed E-state index contributed by atoms with van der Waals surface area (Å²) in [5, 5.41) is 3.79. The number of nitrogens with two attached hydrogens (primary N) is 1. The molecule has 1 fully saturated rings. The van der Waals surface area contributed by atoms with Gasteiger partial charge in [0.1, 0.15) is 6.61 Å². The first kappa shape index (κ1) is 15.9. The van der Waals surface area contributed by atoms with Crippen LogP contribution in [-0.2, 0) is 11.3 Å². The highest BCUT2D eigenvalue weighted by atomic mass is 35.5. The van der Waals surface area contributed by atoms with Crippen molar-refractivity contribution in [3.8, 4) is 0 Å². The fourth-order valence-electron chi connectivity index (χ4n) is 2.28. The van der Waals surface area contributed by atoms with Crippen LogP contribution >= 0.6 is 12.4 Å². The molecule has 1 aromatic heterocycles. The summed E-state index contributed by atoms with van der Waals surface area (Å²) in [5.41, 5.74) is 6.04. The second-order valence-corrected chi connectivity index (χ2v) is 4.50. The number of carbonyl (C=O) groups is 1. The summed E-state index contributed by atoms with van der Waals surface area (Å²) in [4.78, 5) is 14.1. The first-order chi connectivity index (χ1) is 8.76. The number of ether oxygens (including phenoxy) is 1. The predicted octanol–water partition coefficient (Wildman–Crippen LogP) is 1.20. The molecule has 0 spiro atoms. The van der Waals surface area contributed by atoms with E-state index in [1.807, 2.05) is 0 Å². The van der Waals surface area contributed by atoms with E-state index in [9.17, 15) is 4.79 Å². The maximum Gasteiger partial charge on any atom is 0.276 e. The van der Waals surface area contributed by atoms with Crippen molar-refractivity contribution < 1.29 is 14.1 Å². The molecule has 1 aliphatic heterocycles. The third-order valence-corrected chi connectivity index (χ3v) is 3.22. The van der Waals surface area contributed by atoms with Crippen LogP contribution in [0.5, 0.6) is 0 Å². The number of methoxy groups -OCH3 is 1. The summed E-state index contributed by atoms with van der Waals surface area (Å²) in [7, 11) is 1.57. The summed E-state index contributed by atoms with van der Waals surface area (Å²) in [6, 6.07) is 1.75. The summed E-state index contributed by atoms with van der Waals surface area (Å²) in [6.45, 7) is 1.56. The molecule has 1 saturated heterocycles. The molecule has 6 nitrogen and oxygen atoms in total. The van der Waals surface area contributed by atoms with Crippen LogP contribution < -0.4 is 5.73 Å². The Kier molecular flexibility index (Phi) is 6.27. The Morgan fingerprint density at radius 2 is 2.42 bits per heavy atom. The number of hydrogen-bond acceptors (Lipinski definition) is 5. The van der Waals surface area contributed by atoms with Gasteiger partial charge in [-0.1, -0.05) is 5.16 Å². The number of aromatic nitrogens is 1. The zero-order chi connectivity index (χ0) is 13.0. The quantitative estimate of drug-likeness (QED) is 0.900. The molecule has 2 rings (SSSR count). The molecule has 2 N–H and O–H groups in total. The second-order valence-electron chi connectivity index (χ2n) is 4.50. The van der Waals surface area contributed by atoms with Crippen LogP contribution in [0, 0.1) is 0 Å². The number of carbonyl (C=O) groups excluding carboxylic acids is 1. The molecular weight excluding hydrogens is 270 g/mol. The van der Waals surface area contributed by atoms with Crippen LogP contribution in [0.2, 0.25) is 0 Å². The Morgan fingerprint density at radius 3 is 3.11 bits per heavy atom. The Hall–Kier alpha value is -1.11. The Bertz CT molecular complexity index is 411. The van der Waals surface area contributed by atoms with Crippen molar-refractivity contribution in [1.82, 2.24) is 10.1 Å². The molecule has 19 heavy (non-hydrogen) atoms. The molecule has 0 radical (unpaired) electrons. The number of piperidine rings is 1. The van der Waals surface area contributed by atoms with Crippen molar-refractivity contribution in [3.63, 3.8) is 0 Å². The van der Waals surface area contributed by atoms with Crippen molar-refractivity contribution in [2.75, 3.05) is 20.2 Å². The van der Waals surface area contributed by atoms with Crippen LogP contribution in [0.1, 0.15) is 35.5 Å². The molecular formula is C12H20ClN3O3. The molecule has 1 aromatic rings.